The first-order valence-electron chi connectivity index (χ1n) is 5.45. The van der Waals surface area contributed by atoms with Crippen LogP contribution < -0.4 is 10.6 Å². The number of aliphatic hydroxyl groups is 1. The van der Waals surface area contributed by atoms with Crippen molar-refractivity contribution >= 4 is 13.2 Å². The Labute approximate surface area is 96.3 Å². The van der Waals surface area contributed by atoms with Crippen molar-refractivity contribution in [1.82, 2.24) is 0 Å². The normalized spacial score (nSPS) is 16.0. The SMILES string of the molecule is NCO[B]Cc1ccc(N2CC(O)C2)cc1. The second-order valence-corrected chi connectivity index (χ2v) is 3.93. The topological polar surface area (TPSA) is 58.7 Å². The average Bonchev–Trinajstić information content (AvgIpc) is 2.27. The predicted octanol–water partition coefficient (Wildman–Crippen LogP) is -0.0805. The summed E-state index contributed by atoms with van der Waals surface area (Å²) < 4.78 is 4.97. The molecule has 85 valence electrons. The Hall–Kier alpha value is -1.04. The van der Waals surface area contributed by atoms with Crippen LogP contribution in [0.25, 0.3) is 0 Å². The Morgan fingerprint density at radius 3 is 2.62 bits per heavy atom. The molecule has 1 aliphatic rings. The van der Waals surface area contributed by atoms with Crippen molar-refractivity contribution < 1.29 is 9.76 Å². The van der Waals surface area contributed by atoms with Gasteiger partial charge in [0.2, 0.25) is 0 Å². The second-order valence-electron chi connectivity index (χ2n) is 3.93. The van der Waals surface area contributed by atoms with Gasteiger partial charge in [0, 0.05) is 18.8 Å². The first kappa shape index (κ1) is 11.5. The molecule has 5 heteroatoms. The summed E-state index contributed by atoms with van der Waals surface area (Å²) >= 11 is 0. The molecule has 0 aliphatic carbocycles. The van der Waals surface area contributed by atoms with E-state index in [2.05, 4.69) is 29.2 Å². The van der Waals surface area contributed by atoms with Crippen molar-refractivity contribution in [2.75, 3.05) is 24.7 Å². The van der Waals surface area contributed by atoms with Gasteiger partial charge in [-0.3, -0.25) is 0 Å². The van der Waals surface area contributed by atoms with Crippen LogP contribution in [-0.4, -0.2) is 38.5 Å². The van der Waals surface area contributed by atoms with E-state index in [1.807, 2.05) is 0 Å². The van der Waals surface area contributed by atoms with Gasteiger partial charge < -0.3 is 20.4 Å². The van der Waals surface area contributed by atoms with Crippen LogP contribution in [-0.2, 0) is 11.0 Å². The zero-order chi connectivity index (χ0) is 11.4. The summed E-state index contributed by atoms with van der Waals surface area (Å²) in [7, 11) is 1.71. The van der Waals surface area contributed by atoms with Gasteiger partial charge in [-0.2, -0.15) is 0 Å². The number of nitrogens with zero attached hydrogens (tertiary/aromatic N) is 1. The summed E-state index contributed by atoms with van der Waals surface area (Å²) in [6.45, 7) is 1.70. The predicted molar refractivity (Wildman–Crippen MR) is 64.3 cm³/mol. The molecule has 1 aromatic rings. The van der Waals surface area contributed by atoms with E-state index in [1.54, 1.807) is 7.48 Å². The number of benzene rings is 1. The van der Waals surface area contributed by atoms with E-state index in [1.165, 1.54) is 5.56 Å². The molecule has 1 heterocycles. The van der Waals surface area contributed by atoms with Crippen LogP contribution in [0.4, 0.5) is 5.69 Å². The Kier molecular flexibility index (Phi) is 3.82. The lowest BCUT2D eigenvalue weighted by Crippen LogP contribution is -2.50. The molecule has 1 aliphatic heterocycles. The highest BCUT2D eigenvalue weighted by Crippen LogP contribution is 2.21. The fraction of sp³-hybridized carbons (Fsp3) is 0.455. The number of rotatable bonds is 5. The molecule has 1 aromatic carbocycles. The summed E-state index contributed by atoms with van der Waals surface area (Å²) in [6.07, 6.45) is 0.603. The van der Waals surface area contributed by atoms with Crippen molar-refractivity contribution in [3.8, 4) is 0 Å². The minimum absolute atomic E-state index is 0.161. The minimum atomic E-state index is -0.161. The van der Waals surface area contributed by atoms with E-state index in [0.717, 1.165) is 25.1 Å². The molecule has 1 radical (unpaired) electrons. The van der Waals surface area contributed by atoms with Crippen molar-refractivity contribution in [2.24, 2.45) is 5.73 Å². The summed E-state index contributed by atoms with van der Waals surface area (Å²) in [5.41, 5.74) is 7.57. The van der Waals surface area contributed by atoms with Gasteiger partial charge in [-0.25, -0.2) is 0 Å². The third-order valence-electron chi connectivity index (χ3n) is 2.70. The third kappa shape index (κ3) is 2.75. The highest BCUT2D eigenvalue weighted by molar-refractivity contribution is 6.26. The monoisotopic (exact) mass is 219 g/mol. The Bertz CT molecular complexity index is 325. The van der Waals surface area contributed by atoms with E-state index >= 15 is 0 Å². The van der Waals surface area contributed by atoms with Crippen LogP contribution in [0, 0.1) is 0 Å². The van der Waals surface area contributed by atoms with Gasteiger partial charge in [0.25, 0.3) is 7.48 Å². The first-order valence-corrected chi connectivity index (χ1v) is 5.45. The molecular weight excluding hydrogens is 203 g/mol. The number of nitrogens with two attached hydrogens (primary N) is 1. The zero-order valence-electron chi connectivity index (χ0n) is 9.17. The lowest BCUT2D eigenvalue weighted by molar-refractivity contribution is 0.142. The zero-order valence-corrected chi connectivity index (χ0v) is 9.17. The molecule has 0 unspecified atom stereocenters. The molecule has 1 fully saturated rings. The fourth-order valence-electron chi connectivity index (χ4n) is 1.73. The van der Waals surface area contributed by atoms with E-state index in [-0.39, 0.29) is 12.8 Å². The molecule has 0 spiro atoms. The van der Waals surface area contributed by atoms with Gasteiger partial charge in [-0.1, -0.05) is 17.7 Å². The fourth-order valence-corrected chi connectivity index (χ4v) is 1.73. The maximum absolute atomic E-state index is 9.20. The molecule has 3 N–H and O–H groups in total. The summed E-state index contributed by atoms with van der Waals surface area (Å²) in [5.74, 6) is 0. The lowest BCUT2D eigenvalue weighted by Gasteiger charge is -2.37. The standard InChI is InChI=1S/C11H16BN2O2/c13-8-16-12-5-9-1-3-10(4-2-9)14-6-11(15)7-14/h1-4,11,15H,5-8,13H2. The van der Waals surface area contributed by atoms with Gasteiger partial charge >= 0.3 is 0 Å². The number of β-amino-alcohol motifs (C(OH)–C–C–N with tert-alkyl or cyclic N) is 1. The van der Waals surface area contributed by atoms with E-state index in [4.69, 9.17) is 10.4 Å². The Balaban J connectivity index is 1.84. The van der Waals surface area contributed by atoms with Gasteiger partial charge in [0.15, 0.2) is 0 Å². The molecule has 0 atom stereocenters. The highest BCUT2D eigenvalue weighted by Gasteiger charge is 2.23. The summed E-state index contributed by atoms with van der Waals surface area (Å²) in [6, 6.07) is 8.27. The van der Waals surface area contributed by atoms with Gasteiger partial charge in [-0.05, 0) is 18.5 Å². The molecule has 0 bridgehead atoms. The third-order valence-corrected chi connectivity index (χ3v) is 2.70. The number of aliphatic hydroxyl groups excluding tert-OH is 1. The molecule has 0 saturated carbocycles. The van der Waals surface area contributed by atoms with Crippen LogP contribution in [0.15, 0.2) is 24.3 Å². The maximum atomic E-state index is 9.20. The first-order chi connectivity index (χ1) is 7.79. The molecule has 0 amide bonds. The summed E-state index contributed by atoms with van der Waals surface area (Å²) in [5, 5.41) is 9.20. The van der Waals surface area contributed by atoms with Crippen molar-refractivity contribution in [3.05, 3.63) is 29.8 Å². The molecule has 4 nitrogen and oxygen atoms in total. The van der Waals surface area contributed by atoms with E-state index < -0.39 is 0 Å². The van der Waals surface area contributed by atoms with E-state index in [0.29, 0.717) is 0 Å². The van der Waals surface area contributed by atoms with Gasteiger partial charge in [0.1, 0.15) is 0 Å². The van der Waals surface area contributed by atoms with Crippen LogP contribution >= 0.6 is 0 Å². The Morgan fingerprint density at radius 1 is 1.38 bits per heavy atom. The highest BCUT2D eigenvalue weighted by atomic mass is 16.4. The number of hydrogen-bond acceptors (Lipinski definition) is 4. The molecule has 0 aromatic heterocycles. The Morgan fingerprint density at radius 2 is 2.06 bits per heavy atom. The van der Waals surface area contributed by atoms with E-state index in [9.17, 15) is 5.11 Å². The number of anilines is 1. The quantitative estimate of drug-likeness (QED) is 0.413. The van der Waals surface area contributed by atoms with Crippen LogP contribution in [0.1, 0.15) is 5.56 Å². The van der Waals surface area contributed by atoms with Crippen LogP contribution in [0.3, 0.4) is 0 Å². The molecule has 1 saturated heterocycles. The molecular formula is C11H16BN2O2. The van der Waals surface area contributed by atoms with Gasteiger partial charge in [0.05, 0.1) is 12.8 Å². The smallest absolute Gasteiger partial charge is 0.298 e. The maximum Gasteiger partial charge on any atom is 0.298 e. The van der Waals surface area contributed by atoms with Crippen molar-refractivity contribution in [1.29, 1.82) is 0 Å². The van der Waals surface area contributed by atoms with Crippen molar-refractivity contribution in [2.45, 2.75) is 12.4 Å². The van der Waals surface area contributed by atoms with Crippen LogP contribution in [0.5, 0.6) is 0 Å². The lowest BCUT2D eigenvalue weighted by atomic mass is 9.89. The molecule has 2 rings (SSSR count). The van der Waals surface area contributed by atoms with Crippen molar-refractivity contribution in [3.63, 3.8) is 0 Å². The molecule has 16 heavy (non-hydrogen) atoms. The average molecular weight is 219 g/mol. The second kappa shape index (κ2) is 5.34. The summed E-state index contributed by atoms with van der Waals surface area (Å²) in [4.78, 5) is 2.15. The van der Waals surface area contributed by atoms with Crippen LogP contribution in [0.2, 0.25) is 0 Å². The minimum Gasteiger partial charge on any atom is -0.428 e. The van der Waals surface area contributed by atoms with Gasteiger partial charge in [-0.15, -0.1) is 0 Å². The largest absolute Gasteiger partial charge is 0.428 e. The number of hydrogen-bond donors (Lipinski definition) is 2.